The van der Waals surface area contributed by atoms with Crippen LogP contribution >= 0.6 is 11.6 Å². The average molecular weight is 300 g/mol. The van der Waals surface area contributed by atoms with Crippen molar-refractivity contribution >= 4 is 22.6 Å². The molecule has 0 spiro atoms. The molecule has 1 heterocycles. The molecular formula is C17H18ClN3. The summed E-state index contributed by atoms with van der Waals surface area (Å²) in [6.07, 6.45) is 0.712. The quantitative estimate of drug-likeness (QED) is 0.792. The fourth-order valence-corrected chi connectivity index (χ4v) is 2.84. The predicted molar refractivity (Wildman–Crippen MR) is 87.5 cm³/mol. The van der Waals surface area contributed by atoms with E-state index in [-0.39, 0.29) is 6.04 Å². The van der Waals surface area contributed by atoms with Gasteiger partial charge >= 0.3 is 0 Å². The van der Waals surface area contributed by atoms with Crippen LogP contribution in [0.1, 0.15) is 24.4 Å². The summed E-state index contributed by atoms with van der Waals surface area (Å²) in [5.41, 5.74) is 9.49. The van der Waals surface area contributed by atoms with Gasteiger partial charge in [0.2, 0.25) is 0 Å². The summed E-state index contributed by atoms with van der Waals surface area (Å²) in [6, 6.07) is 15.9. The van der Waals surface area contributed by atoms with Gasteiger partial charge in [-0.3, -0.25) is 0 Å². The van der Waals surface area contributed by atoms with Gasteiger partial charge in [-0.15, -0.1) is 0 Å². The summed E-state index contributed by atoms with van der Waals surface area (Å²) in [7, 11) is 0. The fourth-order valence-electron chi connectivity index (χ4n) is 2.68. The Balaban J connectivity index is 1.96. The van der Waals surface area contributed by atoms with E-state index in [9.17, 15) is 0 Å². The second-order valence-electron chi connectivity index (χ2n) is 5.13. The highest BCUT2D eigenvalue weighted by Crippen LogP contribution is 2.23. The molecule has 2 N–H and O–H groups in total. The van der Waals surface area contributed by atoms with Crippen molar-refractivity contribution < 1.29 is 0 Å². The lowest BCUT2D eigenvalue weighted by Crippen LogP contribution is -2.16. The second-order valence-corrected chi connectivity index (χ2v) is 5.56. The molecule has 0 aliphatic heterocycles. The highest BCUT2D eigenvalue weighted by atomic mass is 35.5. The third-order valence-corrected chi connectivity index (χ3v) is 3.97. The van der Waals surface area contributed by atoms with Gasteiger partial charge < -0.3 is 10.3 Å². The van der Waals surface area contributed by atoms with Gasteiger partial charge in [0.15, 0.2) is 0 Å². The third kappa shape index (κ3) is 2.80. The topological polar surface area (TPSA) is 43.8 Å². The molecule has 21 heavy (non-hydrogen) atoms. The Labute approximate surface area is 129 Å². The van der Waals surface area contributed by atoms with Crippen LogP contribution in [-0.4, -0.2) is 9.55 Å². The Bertz CT molecular complexity index is 749. The van der Waals surface area contributed by atoms with Crippen LogP contribution in [0.5, 0.6) is 0 Å². The smallest absolute Gasteiger partial charge is 0.111 e. The van der Waals surface area contributed by atoms with E-state index < -0.39 is 0 Å². The zero-order chi connectivity index (χ0) is 14.8. The van der Waals surface area contributed by atoms with Gasteiger partial charge in [-0.25, -0.2) is 4.98 Å². The summed E-state index contributed by atoms with van der Waals surface area (Å²) in [6.45, 7) is 2.99. The Hall–Kier alpha value is -1.84. The lowest BCUT2D eigenvalue weighted by Gasteiger charge is -2.13. The molecule has 0 fully saturated rings. The van der Waals surface area contributed by atoms with Crippen molar-refractivity contribution in [2.24, 2.45) is 5.73 Å². The van der Waals surface area contributed by atoms with Gasteiger partial charge in [0.05, 0.1) is 11.0 Å². The largest absolute Gasteiger partial charge is 0.328 e. The average Bonchev–Trinajstić information content (AvgIpc) is 2.84. The monoisotopic (exact) mass is 299 g/mol. The van der Waals surface area contributed by atoms with E-state index in [1.807, 2.05) is 36.4 Å². The Morgan fingerprint density at radius 3 is 2.67 bits per heavy atom. The second kappa shape index (κ2) is 5.88. The molecule has 0 saturated carbocycles. The summed E-state index contributed by atoms with van der Waals surface area (Å²) < 4.78 is 2.20. The number of nitrogens with two attached hydrogens (primary N) is 1. The first-order valence-electron chi connectivity index (χ1n) is 7.14. The molecule has 0 aliphatic carbocycles. The number of nitrogens with zero attached hydrogens (tertiary/aromatic N) is 2. The lowest BCUT2D eigenvalue weighted by molar-refractivity contribution is 0.637. The van der Waals surface area contributed by atoms with E-state index >= 15 is 0 Å². The van der Waals surface area contributed by atoms with Crippen molar-refractivity contribution in [1.82, 2.24) is 9.55 Å². The molecule has 2 aromatic carbocycles. The van der Waals surface area contributed by atoms with E-state index in [0.717, 1.165) is 29.0 Å². The van der Waals surface area contributed by atoms with Crippen molar-refractivity contribution in [2.75, 3.05) is 0 Å². The van der Waals surface area contributed by atoms with Crippen molar-refractivity contribution in [2.45, 2.75) is 25.9 Å². The van der Waals surface area contributed by atoms with Gasteiger partial charge in [0.25, 0.3) is 0 Å². The molecule has 1 atom stereocenters. The van der Waals surface area contributed by atoms with Crippen molar-refractivity contribution in [3.63, 3.8) is 0 Å². The van der Waals surface area contributed by atoms with Crippen LogP contribution in [0.15, 0.2) is 48.5 Å². The van der Waals surface area contributed by atoms with Gasteiger partial charge in [-0.2, -0.15) is 0 Å². The van der Waals surface area contributed by atoms with Crippen LogP contribution in [0.4, 0.5) is 0 Å². The molecule has 0 bridgehead atoms. The molecule has 4 heteroatoms. The molecule has 1 aromatic heterocycles. The molecule has 108 valence electrons. The summed E-state index contributed by atoms with van der Waals surface area (Å²) in [5, 5.41) is 0.710. The number of imidazole rings is 1. The number of benzene rings is 2. The van der Waals surface area contributed by atoms with Crippen LogP contribution < -0.4 is 5.73 Å². The number of aromatic nitrogens is 2. The van der Waals surface area contributed by atoms with E-state index in [1.54, 1.807) is 0 Å². The molecule has 0 radical (unpaired) electrons. The highest BCUT2D eigenvalue weighted by Gasteiger charge is 2.14. The molecule has 0 amide bonds. The molecule has 3 aromatic rings. The SMILES string of the molecule is CCn1c(CC(N)c2ccccc2)nc2cc(Cl)ccc21. The first-order chi connectivity index (χ1) is 10.2. The van der Waals surface area contributed by atoms with Crippen LogP contribution in [0.2, 0.25) is 5.02 Å². The highest BCUT2D eigenvalue weighted by molar-refractivity contribution is 6.31. The van der Waals surface area contributed by atoms with Crippen molar-refractivity contribution in [3.8, 4) is 0 Å². The number of rotatable bonds is 4. The van der Waals surface area contributed by atoms with Gasteiger partial charge in [-0.1, -0.05) is 41.9 Å². The summed E-state index contributed by atoms with van der Waals surface area (Å²) in [4.78, 5) is 4.71. The molecule has 3 nitrogen and oxygen atoms in total. The molecular weight excluding hydrogens is 282 g/mol. The number of halogens is 1. The summed E-state index contributed by atoms with van der Waals surface area (Å²) in [5.74, 6) is 1.01. The van der Waals surface area contributed by atoms with Gasteiger partial charge in [-0.05, 0) is 30.7 Å². The maximum atomic E-state index is 6.32. The summed E-state index contributed by atoms with van der Waals surface area (Å²) >= 11 is 6.05. The third-order valence-electron chi connectivity index (χ3n) is 3.74. The lowest BCUT2D eigenvalue weighted by atomic mass is 10.0. The van der Waals surface area contributed by atoms with Crippen molar-refractivity contribution in [3.05, 3.63) is 64.9 Å². The zero-order valence-electron chi connectivity index (χ0n) is 12.0. The van der Waals surface area contributed by atoms with Crippen LogP contribution in [-0.2, 0) is 13.0 Å². The van der Waals surface area contributed by atoms with Gasteiger partial charge in [0, 0.05) is 24.0 Å². The van der Waals surface area contributed by atoms with Gasteiger partial charge in [0.1, 0.15) is 5.82 Å². The fraction of sp³-hybridized carbons (Fsp3) is 0.235. The normalized spacial score (nSPS) is 12.7. The number of aryl methyl sites for hydroxylation is 1. The first-order valence-corrected chi connectivity index (χ1v) is 7.52. The van der Waals surface area contributed by atoms with Crippen LogP contribution in [0.3, 0.4) is 0 Å². The van der Waals surface area contributed by atoms with Crippen molar-refractivity contribution in [1.29, 1.82) is 0 Å². The van der Waals surface area contributed by atoms with E-state index in [0.29, 0.717) is 11.4 Å². The number of hydrogen-bond donors (Lipinski definition) is 1. The van der Waals surface area contributed by atoms with E-state index in [4.69, 9.17) is 22.3 Å². The Morgan fingerprint density at radius 2 is 1.95 bits per heavy atom. The molecule has 3 rings (SSSR count). The maximum absolute atomic E-state index is 6.32. The van der Waals surface area contributed by atoms with E-state index in [1.165, 1.54) is 0 Å². The molecule has 0 saturated heterocycles. The number of fused-ring (bicyclic) bond motifs is 1. The van der Waals surface area contributed by atoms with Crippen LogP contribution in [0.25, 0.3) is 11.0 Å². The van der Waals surface area contributed by atoms with Crippen LogP contribution in [0, 0.1) is 0 Å². The Morgan fingerprint density at radius 1 is 1.19 bits per heavy atom. The Kier molecular flexibility index (Phi) is 3.95. The first kappa shape index (κ1) is 14.1. The minimum Gasteiger partial charge on any atom is -0.328 e. The zero-order valence-corrected chi connectivity index (χ0v) is 12.7. The number of hydrogen-bond acceptors (Lipinski definition) is 2. The standard InChI is InChI=1S/C17H18ClN3/c1-2-21-16-9-8-13(18)10-15(16)20-17(21)11-14(19)12-6-4-3-5-7-12/h3-10,14H,2,11,19H2,1H3. The predicted octanol–water partition coefficient (Wildman–Crippen LogP) is 3.95. The van der Waals surface area contributed by atoms with E-state index in [2.05, 4.69) is 23.6 Å². The maximum Gasteiger partial charge on any atom is 0.111 e. The minimum absolute atomic E-state index is 0.0521. The molecule has 1 unspecified atom stereocenters. The minimum atomic E-state index is -0.0521. The molecule has 0 aliphatic rings.